The molecule has 0 heterocycles. The van der Waals surface area contributed by atoms with Gasteiger partial charge in [0, 0.05) is 29.4 Å². The number of fused-ring (bicyclic) bond motifs is 1. The van der Waals surface area contributed by atoms with Crippen molar-refractivity contribution in [1.82, 2.24) is 0 Å². The number of ether oxygens (including phenoxy) is 4. The molecule has 0 saturated heterocycles. The molecule has 3 rings (SSSR count). The lowest BCUT2D eigenvalue weighted by atomic mass is 9.82. The fraction of sp³-hybridized carbons (Fsp3) is 0.565. The SMILES string of the molecule is CCC(=O)OCOC(=O)[C@H]1[C@@H]2C[C@@H](CSc3ccc(F)c(Cl)c3)[C@@](N)(C(=O)OCOC(=O)CC)[C@@H]21. The summed E-state index contributed by atoms with van der Waals surface area (Å²) in [5.74, 6) is -4.41. The van der Waals surface area contributed by atoms with Crippen LogP contribution in [0.3, 0.4) is 0 Å². The van der Waals surface area contributed by atoms with Gasteiger partial charge in [0.25, 0.3) is 0 Å². The number of rotatable bonds is 11. The van der Waals surface area contributed by atoms with E-state index in [1.54, 1.807) is 19.9 Å². The lowest BCUT2D eigenvalue weighted by Gasteiger charge is -2.32. The first-order valence-corrected chi connectivity index (χ1v) is 12.5. The summed E-state index contributed by atoms with van der Waals surface area (Å²) in [6.07, 6.45) is 0.707. The van der Waals surface area contributed by atoms with Crippen LogP contribution in [0.15, 0.2) is 23.1 Å². The van der Waals surface area contributed by atoms with Gasteiger partial charge in [0.1, 0.15) is 11.4 Å². The number of halogens is 2. The number of hydrogen-bond donors (Lipinski definition) is 1. The molecule has 0 radical (unpaired) electrons. The number of benzene rings is 1. The van der Waals surface area contributed by atoms with E-state index in [4.69, 9.17) is 36.3 Å². The summed E-state index contributed by atoms with van der Waals surface area (Å²) in [5, 5.41) is -0.0213. The van der Waals surface area contributed by atoms with Gasteiger partial charge in [-0.1, -0.05) is 25.4 Å². The second kappa shape index (κ2) is 11.6. The Morgan fingerprint density at radius 3 is 2.31 bits per heavy atom. The second-order valence-corrected chi connectivity index (χ2v) is 9.84. The fourth-order valence-electron chi connectivity index (χ4n) is 4.44. The third kappa shape index (κ3) is 6.07. The first-order valence-electron chi connectivity index (χ1n) is 11.1. The zero-order chi connectivity index (χ0) is 25.8. The fourth-order valence-corrected chi connectivity index (χ4v) is 5.85. The van der Waals surface area contributed by atoms with Gasteiger partial charge in [-0.3, -0.25) is 14.4 Å². The van der Waals surface area contributed by atoms with Crippen molar-refractivity contribution < 1.29 is 42.5 Å². The monoisotopic (exact) mass is 531 g/mol. The van der Waals surface area contributed by atoms with Crippen LogP contribution < -0.4 is 5.73 Å². The van der Waals surface area contributed by atoms with Gasteiger partial charge in [0.05, 0.1) is 10.9 Å². The van der Waals surface area contributed by atoms with E-state index in [2.05, 4.69) is 0 Å². The number of nitrogens with two attached hydrogens (primary N) is 1. The summed E-state index contributed by atoms with van der Waals surface area (Å²) in [5.41, 5.74) is 5.08. The quantitative estimate of drug-likeness (QED) is 0.258. The first kappa shape index (κ1) is 27.2. The van der Waals surface area contributed by atoms with Gasteiger partial charge in [0.2, 0.25) is 13.6 Å². The second-order valence-electron chi connectivity index (χ2n) is 8.34. The molecule has 1 aromatic rings. The van der Waals surface area contributed by atoms with Crippen LogP contribution in [0, 0.1) is 29.5 Å². The molecule has 0 amide bonds. The van der Waals surface area contributed by atoms with Gasteiger partial charge < -0.3 is 24.7 Å². The highest BCUT2D eigenvalue weighted by Gasteiger charge is 2.74. The summed E-state index contributed by atoms with van der Waals surface area (Å²) < 4.78 is 33.3. The van der Waals surface area contributed by atoms with Crippen molar-refractivity contribution in [3.05, 3.63) is 29.0 Å². The smallest absolute Gasteiger partial charge is 0.329 e. The van der Waals surface area contributed by atoms with Crippen LogP contribution in [0.2, 0.25) is 5.02 Å². The zero-order valence-electron chi connectivity index (χ0n) is 19.3. The predicted molar refractivity (Wildman–Crippen MR) is 122 cm³/mol. The van der Waals surface area contributed by atoms with Crippen molar-refractivity contribution in [3.63, 3.8) is 0 Å². The molecule has 1 aromatic carbocycles. The molecule has 192 valence electrons. The van der Waals surface area contributed by atoms with E-state index in [0.717, 1.165) is 0 Å². The van der Waals surface area contributed by atoms with Crippen LogP contribution >= 0.6 is 23.4 Å². The lowest BCUT2D eigenvalue weighted by Crippen LogP contribution is -2.57. The highest BCUT2D eigenvalue weighted by Crippen LogP contribution is 2.64. The Hall–Kier alpha value is -2.37. The molecule has 2 aliphatic carbocycles. The molecule has 2 saturated carbocycles. The van der Waals surface area contributed by atoms with E-state index in [9.17, 15) is 23.6 Å². The summed E-state index contributed by atoms with van der Waals surface area (Å²) in [4.78, 5) is 48.9. The maximum atomic E-state index is 13.5. The molecular weight excluding hydrogens is 505 g/mol. The average Bonchev–Trinajstić information content (AvgIpc) is 3.49. The van der Waals surface area contributed by atoms with Crippen molar-refractivity contribution in [2.45, 2.75) is 43.5 Å². The molecule has 0 unspecified atom stereocenters. The lowest BCUT2D eigenvalue weighted by molar-refractivity contribution is -0.173. The zero-order valence-corrected chi connectivity index (χ0v) is 20.9. The Kier molecular flexibility index (Phi) is 9.00. The van der Waals surface area contributed by atoms with Crippen LogP contribution in [-0.2, 0) is 38.1 Å². The van der Waals surface area contributed by atoms with E-state index in [1.165, 1.54) is 23.9 Å². The van der Waals surface area contributed by atoms with E-state index < -0.39 is 60.7 Å². The van der Waals surface area contributed by atoms with E-state index in [0.29, 0.717) is 17.1 Å². The minimum absolute atomic E-state index is 0.0213. The third-order valence-electron chi connectivity index (χ3n) is 6.33. The van der Waals surface area contributed by atoms with Crippen molar-refractivity contribution >= 4 is 47.2 Å². The standard InChI is InChI=1S/C23H27ClFNO8S/c1-3-17(27)31-10-33-21(29)19-14-7-12(9-35-13-5-6-16(25)15(24)8-13)23(26,20(14)19)22(30)34-11-32-18(28)4-2/h5-6,8,12,14,19-20H,3-4,7,9-11,26H2,1-2H3/t12-,14-,19-,20-,23-/m0/s1. The number of hydrogen-bond acceptors (Lipinski definition) is 10. The van der Waals surface area contributed by atoms with Crippen LogP contribution in [0.5, 0.6) is 0 Å². The minimum Gasteiger partial charge on any atom is -0.428 e. The Morgan fingerprint density at radius 1 is 1.09 bits per heavy atom. The Balaban J connectivity index is 1.68. The predicted octanol–water partition coefficient (Wildman–Crippen LogP) is 3.06. The van der Waals surface area contributed by atoms with Crippen molar-refractivity contribution in [2.75, 3.05) is 19.3 Å². The molecule has 2 aliphatic rings. The third-order valence-corrected chi connectivity index (χ3v) is 7.77. The topological polar surface area (TPSA) is 131 Å². The number of carbonyl (C=O) groups excluding carboxylic acids is 4. The Bertz CT molecular complexity index is 994. The molecule has 0 bridgehead atoms. The summed E-state index contributed by atoms with van der Waals surface area (Å²) >= 11 is 7.20. The Morgan fingerprint density at radius 2 is 1.71 bits per heavy atom. The van der Waals surface area contributed by atoms with E-state index in [-0.39, 0.29) is 29.7 Å². The van der Waals surface area contributed by atoms with E-state index in [1.807, 2.05) is 0 Å². The average molecular weight is 532 g/mol. The van der Waals surface area contributed by atoms with Gasteiger partial charge >= 0.3 is 23.9 Å². The summed E-state index contributed by atoms with van der Waals surface area (Å²) in [6, 6.07) is 4.30. The van der Waals surface area contributed by atoms with Crippen LogP contribution in [0.4, 0.5) is 4.39 Å². The summed E-state index contributed by atoms with van der Waals surface area (Å²) in [6.45, 7) is 2.11. The molecule has 0 spiro atoms. The van der Waals surface area contributed by atoms with Gasteiger partial charge in [-0.25, -0.2) is 9.18 Å². The molecule has 35 heavy (non-hydrogen) atoms. The van der Waals surface area contributed by atoms with Gasteiger partial charge in [-0.2, -0.15) is 0 Å². The molecule has 2 N–H and O–H groups in total. The first-order chi connectivity index (χ1) is 16.6. The molecule has 9 nitrogen and oxygen atoms in total. The highest BCUT2D eigenvalue weighted by molar-refractivity contribution is 7.99. The molecular formula is C23H27ClFNO8S. The van der Waals surface area contributed by atoms with Crippen molar-refractivity contribution in [1.29, 1.82) is 0 Å². The number of esters is 4. The van der Waals surface area contributed by atoms with E-state index >= 15 is 0 Å². The van der Waals surface area contributed by atoms with Crippen LogP contribution in [-0.4, -0.2) is 48.8 Å². The van der Waals surface area contributed by atoms with Crippen molar-refractivity contribution in [2.24, 2.45) is 29.4 Å². The van der Waals surface area contributed by atoms with Gasteiger partial charge in [-0.15, -0.1) is 11.8 Å². The Labute approximate surface area is 211 Å². The minimum atomic E-state index is -1.54. The van der Waals surface area contributed by atoms with Crippen LogP contribution in [0.1, 0.15) is 33.1 Å². The highest BCUT2D eigenvalue weighted by atomic mass is 35.5. The van der Waals surface area contributed by atoms with Gasteiger partial charge in [0.15, 0.2) is 0 Å². The molecule has 2 fully saturated rings. The molecule has 5 atom stereocenters. The number of thioether (sulfide) groups is 1. The molecule has 12 heteroatoms. The maximum absolute atomic E-state index is 13.5. The molecule has 0 aromatic heterocycles. The maximum Gasteiger partial charge on any atom is 0.329 e. The van der Waals surface area contributed by atoms with Gasteiger partial charge in [-0.05, 0) is 36.5 Å². The van der Waals surface area contributed by atoms with Crippen molar-refractivity contribution in [3.8, 4) is 0 Å². The summed E-state index contributed by atoms with van der Waals surface area (Å²) in [7, 11) is 0. The largest absolute Gasteiger partial charge is 0.428 e. The number of carbonyl (C=O) groups is 4. The normalized spacial score (nSPS) is 26.4. The molecule has 0 aliphatic heterocycles. The van der Waals surface area contributed by atoms with Crippen LogP contribution in [0.25, 0.3) is 0 Å².